The molecule has 0 atom stereocenters. The Morgan fingerprint density at radius 2 is 2.10 bits per heavy atom. The van der Waals surface area contributed by atoms with Crippen LogP contribution < -0.4 is 10.0 Å². The Bertz CT molecular complexity index is 522. The van der Waals surface area contributed by atoms with Gasteiger partial charge in [-0.25, -0.2) is 13.1 Å². The lowest BCUT2D eigenvalue weighted by Crippen LogP contribution is -2.31. The van der Waals surface area contributed by atoms with Crippen molar-refractivity contribution in [2.45, 2.75) is 30.4 Å². The number of nitrogens with one attached hydrogen (secondary N) is 2. The van der Waals surface area contributed by atoms with Gasteiger partial charge in [0.25, 0.3) is 0 Å². The molecule has 1 aliphatic heterocycles. The highest BCUT2D eigenvalue weighted by atomic mass is 32.2. The second-order valence-corrected chi connectivity index (χ2v) is 8.39. The zero-order chi connectivity index (χ0) is 15.1. The fourth-order valence-electron chi connectivity index (χ4n) is 2.27. The number of ether oxygens (including phenoxy) is 1. The van der Waals surface area contributed by atoms with Gasteiger partial charge in [-0.3, -0.25) is 0 Å². The van der Waals surface area contributed by atoms with Crippen LogP contribution >= 0.6 is 11.3 Å². The number of sulfonamides is 1. The van der Waals surface area contributed by atoms with E-state index >= 15 is 0 Å². The first-order valence-corrected chi connectivity index (χ1v) is 9.78. The average Bonchev–Trinajstić information content (AvgIpc) is 2.96. The first kappa shape index (κ1) is 16.9. The molecule has 0 saturated carbocycles. The molecule has 1 aromatic heterocycles. The minimum Gasteiger partial charge on any atom is -0.381 e. The summed E-state index contributed by atoms with van der Waals surface area (Å²) < 4.78 is 33.0. The zero-order valence-corrected chi connectivity index (χ0v) is 14.1. The Balaban J connectivity index is 1.86. The Labute approximate surface area is 131 Å². The van der Waals surface area contributed by atoms with Gasteiger partial charge in [-0.2, -0.15) is 0 Å². The zero-order valence-electron chi connectivity index (χ0n) is 12.4. The third-order valence-corrected chi connectivity index (χ3v) is 6.66. The fraction of sp³-hybridized carbons (Fsp3) is 0.714. The molecular formula is C14H24N2O3S2. The summed E-state index contributed by atoms with van der Waals surface area (Å²) in [4.78, 5) is 1.10. The molecule has 0 amide bonds. The van der Waals surface area contributed by atoms with Crippen LogP contribution in [0.5, 0.6) is 0 Å². The maximum Gasteiger partial charge on any atom is 0.250 e. The van der Waals surface area contributed by atoms with Crippen LogP contribution in [0.1, 0.15) is 24.6 Å². The van der Waals surface area contributed by atoms with Gasteiger partial charge in [-0.15, -0.1) is 11.3 Å². The van der Waals surface area contributed by atoms with Crippen LogP contribution in [0, 0.1) is 5.92 Å². The summed E-state index contributed by atoms with van der Waals surface area (Å²) in [6.45, 7) is 5.86. The molecule has 2 rings (SSSR count). The van der Waals surface area contributed by atoms with Crippen LogP contribution in [-0.2, 0) is 21.2 Å². The lowest BCUT2D eigenvalue weighted by Gasteiger charge is -2.21. The lowest BCUT2D eigenvalue weighted by molar-refractivity contribution is 0.0678. The molecule has 0 radical (unpaired) electrons. The van der Waals surface area contributed by atoms with E-state index in [1.165, 1.54) is 11.3 Å². The fourth-order valence-corrected chi connectivity index (χ4v) is 4.79. The molecule has 5 nitrogen and oxygen atoms in total. The molecular weight excluding hydrogens is 308 g/mol. The molecule has 1 aliphatic rings. The smallest absolute Gasteiger partial charge is 0.250 e. The molecule has 21 heavy (non-hydrogen) atoms. The highest BCUT2D eigenvalue weighted by molar-refractivity contribution is 7.91. The highest BCUT2D eigenvalue weighted by Gasteiger charge is 2.20. The van der Waals surface area contributed by atoms with Crippen molar-refractivity contribution in [2.75, 3.05) is 32.8 Å². The largest absolute Gasteiger partial charge is 0.381 e. The second kappa shape index (κ2) is 8.24. The molecule has 0 unspecified atom stereocenters. The Morgan fingerprint density at radius 3 is 2.81 bits per heavy atom. The standard InChI is InChI=1S/C14H24N2O3S2/c1-2-15-8-5-13-3-4-14(20-13)21(17,18)16-11-12-6-9-19-10-7-12/h3-4,12,15-16H,2,5-11H2,1H3. The van der Waals surface area contributed by atoms with E-state index in [0.717, 1.165) is 50.4 Å². The van der Waals surface area contributed by atoms with Gasteiger partial charge in [0, 0.05) is 24.6 Å². The Hall–Kier alpha value is -0.470. The average molecular weight is 332 g/mol. The number of thiophene rings is 1. The van der Waals surface area contributed by atoms with Gasteiger partial charge in [0.05, 0.1) is 0 Å². The van der Waals surface area contributed by atoms with Crippen molar-refractivity contribution in [3.63, 3.8) is 0 Å². The minimum atomic E-state index is -3.36. The van der Waals surface area contributed by atoms with Crippen LogP contribution in [0.2, 0.25) is 0 Å². The molecule has 120 valence electrons. The molecule has 2 N–H and O–H groups in total. The molecule has 1 fully saturated rings. The van der Waals surface area contributed by atoms with Crippen molar-refractivity contribution in [2.24, 2.45) is 5.92 Å². The van der Waals surface area contributed by atoms with Gasteiger partial charge in [0.2, 0.25) is 10.0 Å². The van der Waals surface area contributed by atoms with E-state index in [2.05, 4.69) is 17.0 Å². The van der Waals surface area contributed by atoms with Gasteiger partial charge in [-0.1, -0.05) is 6.92 Å². The maximum absolute atomic E-state index is 12.3. The summed E-state index contributed by atoms with van der Waals surface area (Å²) in [7, 11) is -3.36. The van der Waals surface area contributed by atoms with Crippen LogP contribution in [0.3, 0.4) is 0 Å². The van der Waals surface area contributed by atoms with Crippen LogP contribution in [0.4, 0.5) is 0 Å². The second-order valence-electron chi connectivity index (χ2n) is 5.23. The van der Waals surface area contributed by atoms with Crippen molar-refractivity contribution in [3.05, 3.63) is 17.0 Å². The Morgan fingerprint density at radius 1 is 1.33 bits per heavy atom. The lowest BCUT2D eigenvalue weighted by atomic mass is 10.0. The topological polar surface area (TPSA) is 67.4 Å². The third-order valence-electron chi connectivity index (χ3n) is 3.60. The normalized spacial score (nSPS) is 17.2. The summed E-state index contributed by atoms with van der Waals surface area (Å²) in [6.07, 6.45) is 2.73. The quantitative estimate of drug-likeness (QED) is 0.710. The number of rotatable bonds is 8. The van der Waals surface area contributed by atoms with E-state index in [9.17, 15) is 8.42 Å². The molecule has 1 aromatic rings. The SMILES string of the molecule is CCNCCc1ccc(S(=O)(=O)NCC2CCOCC2)s1. The van der Waals surface area contributed by atoms with Gasteiger partial charge in [0.1, 0.15) is 4.21 Å². The summed E-state index contributed by atoms with van der Waals surface area (Å²) >= 11 is 1.36. The predicted octanol–water partition coefficient (Wildman–Crippen LogP) is 1.60. The first-order chi connectivity index (χ1) is 10.1. The van der Waals surface area contributed by atoms with E-state index < -0.39 is 10.0 Å². The summed E-state index contributed by atoms with van der Waals surface area (Å²) in [5, 5.41) is 3.24. The third kappa shape index (κ3) is 5.34. The number of hydrogen-bond acceptors (Lipinski definition) is 5. The number of likely N-dealkylation sites (N-methyl/N-ethyl adjacent to an activating group) is 1. The van der Waals surface area contributed by atoms with Crippen molar-refractivity contribution < 1.29 is 13.2 Å². The molecule has 0 bridgehead atoms. The minimum absolute atomic E-state index is 0.390. The predicted molar refractivity (Wildman–Crippen MR) is 85.3 cm³/mol. The van der Waals surface area contributed by atoms with Crippen molar-refractivity contribution >= 4 is 21.4 Å². The summed E-state index contributed by atoms with van der Waals surface area (Å²) in [5.41, 5.74) is 0. The highest BCUT2D eigenvalue weighted by Crippen LogP contribution is 2.22. The van der Waals surface area contributed by atoms with Crippen molar-refractivity contribution in [1.29, 1.82) is 0 Å². The first-order valence-electron chi connectivity index (χ1n) is 7.48. The molecule has 7 heteroatoms. The molecule has 0 aromatic carbocycles. The maximum atomic E-state index is 12.3. The van der Waals surface area contributed by atoms with Crippen molar-refractivity contribution in [1.82, 2.24) is 10.0 Å². The molecule has 1 saturated heterocycles. The molecule has 0 spiro atoms. The number of hydrogen-bond donors (Lipinski definition) is 2. The van der Waals surface area contributed by atoms with Crippen LogP contribution in [0.15, 0.2) is 16.3 Å². The van der Waals surface area contributed by atoms with Gasteiger partial charge < -0.3 is 10.1 Å². The van der Waals surface area contributed by atoms with Gasteiger partial charge in [-0.05, 0) is 50.4 Å². The molecule has 0 aliphatic carbocycles. The van der Waals surface area contributed by atoms with E-state index in [1.807, 2.05) is 6.07 Å². The van der Waals surface area contributed by atoms with Gasteiger partial charge >= 0.3 is 0 Å². The summed E-state index contributed by atoms with van der Waals surface area (Å²) in [5.74, 6) is 0.390. The molecule has 2 heterocycles. The monoisotopic (exact) mass is 332 g/mol. The van der Waals surface area contributed by atoms with E-state index in [-0.39, 0.29) is 0 Å². The van der Waals surface area contributed by atoms with Crippen LogP contribution in [-0.4, -0.2) is 41.3 Å². The van der Waals surface area contributed by atoms with Crippen LogP contribution in [0.25, 0.3) is 0 Å². The van der Waals surface area contributed by atoms with E-state index in [0.29, 0.717) is 16.7 Å². The summed E-state index contributed by atoms with van der Waals surface area (Å²) in [6, 6.07) is 3.61. The van der Waals surface area contributed by atoms with Gasteiger partial charge in [0.15, 0.2) is 0 Å². The van der Waals surface area contributed by atoms with Crippen molar-refractivity contribution in [3.8, 4) is 0 Å². The van der Waals surface area contributed by atoms with E-state index in [4.69, 9.17) is 4.74 Å². The Kier molecular flexibility index (Phi) is 6.63. The van der Waals surface area contributed by atoms with E-state index in [1.54, 1.807) is 6.07 Å².